The largest absolute Gasteiger partial charge is 0.310 e. The van der Waals surface area contributed by atoms with Crippen molar-refractivity contribution in [3.63, 3.8) is 0 Å². The van der Waals surface area contributed by atoms with Crippen molar-refractivity contribution in [1.82, 2.24) is 9.13 Å². The second kappa shape index (κ2) is 11.3. The Morgan fingerprint density at radius 1 is 0.453 bits per heavy atom. The topological polar surface area (TPSA) is 9.86 Å². The van der Waals surface area contributed by atoms with Gasteiger partial charge in [-0.2, -0.15) is 0 Å². The molecular formula is C51H38N2. The molecule has 2 nitrogen and oxygen atoms in total. The average Bonchev–Trinajstić information content (AvgIpc) is 3.81. The van der Waals surface area contributed by atoms with Crippen LogP contribution < -0.4 is 0 Å². The number of nitrogens with zero attached hydrogens (tertiary/aromatic N) is 2. The number of fused-ring (bicyclic) bond motifs is 9. The van der Waals surface area contributed by atoms with Crippen LogP contribution in [0.3, 0.4) is 0 Å². The third-order valence-electron chi connectivity index (χ3n) is 12.0. The van der Waals surface area contributed by atoms with Gasteiger partial charge in [0.05, 0.1) is 22.1 Å². The lowest BCUT2D eigenvalue weighted by Crippen LogP contribution is -2.14. The van der Waals surface area contributed by atoms with Gasteiger partial charge in [0.1, 0.15) is 0 Å². The highest BCUT2D eigenvalue weighted by Gasteiger charge is 2.35. The molecule has 0 radical (unpaired) electrons. The number of rotatable bonds is 4. The van der Waals surface area contributed by atoms with Gasteiger partial charge >= 0.3 is 0 Å². The molecule has 0 saturated carbocycles. The minimum atomic E-state index is -0.0169. The maximum atomic E-state index is 2.46. The minimum absolute atomic E-state index is 0.0169. The summed E-state index contributed by atoms with van der Waals surface area (Å²) in [4.78, 5) is 0. The van der Waals surface area contributed by atoms with Crippen molar-refractivity contribution >= 4 is 49.3 Å². The normalized spacial score (nSPS) is 14.6. The van der Waals surface area contributed by atoms with Crippen molar-refractivity contribution in [3.8, 4) is 39.1 Å². The predicted octanol–water partition coefficient (Wildman–Crippen LogP) is 13.7. The fourth-order valence-electron chi connectivity index (χ4n) is 9.52. The van der Waals surface area contributed by atoms with Crippen LogP contribution in [0.1, 0.15) is 37.8 Å². The number of allylic oxidation sites excluding steroid dienone is 4. The summed E-state index contributed by atoms with van der Waals surface area (Å²) in [6.45, 7) is 4.70. The van der Waals surface area contributed by atoms with E-state index in [0.29, 0.717) is 0 Å². The van der Waals surface area contributed by atoms with Gasteiger partial charge in [-0.1, -0.05) is 135 Å². The van der Waals surface area contributed by atoms with E-state index >= 15 is 0 Å². The highest BCUT2D eigenvalue weighted by Crippen LogP contribution is 2.50. The summed E-state index contributed by atoms with van der Waals surface area (Å²) in [7, 11) is 0. The van der Waals surface area contributed by atoms with Crippen LogP contribution in [0.15, 0.2) is 170 Å². The average molecular weight is 679 g/mol. The lowest BCUT2D eigenvalue weighted by molar-refractivity contribution is 0.660. The quantitative estimate of drug-likeness (QED) is 0.175. The van der Waals surface area contributed by atoms with Crippen LogP contribution in [0.25, 0.3) is 88.4 Å². The van der Waals surface area contributed by atoms with Crippen molar-refractivity contribution in [3.05, 3.63) is 181 Å². The standard InChI is InChI=1S/C51H38N2/c1-51(2)44-23-11-8-19-38(44)42-32-35(28-29-45(42)51)53-46-24-12-9-20-39(46)43-31-33(27-30-48(43)53)36-17-6-7-18-37(36)40-22-14-26-49-50(40)41-21-10-13-25-47(41)52(49)34-15-4-3-5-16-34/h4,6-32H,3,5H2,1-2H3. The molecule has 0 bridgehead atoms. The lowest BCUT2D eigenvalue weighted by Gasteiger charge is -2.21. The Kier molecular flexibility index (Phi) is 6.46. The monoisotopic (exact) mass is 678 g/mol. The van der Waals surface area contributed by atoms with Gasteiger partial charge in [0.2, 0.25) is 0 Å². The summed E-state index contributed by atoms with van der Waals surface area (Å²) in [6, 6.07) is 56.6. The molecule has 11 rings (SSSR count). The van der Waals surface area contributed by atoms with Gasteiger partial charge in [-0.25, -0.2) is 0 Å². The Morgan fingerprint density at radius 2 is 1.11 bits per heavy atom. The van der Waals surface area contributed by atoms with E-state index in [-0.39, 0.29) is 5.41 Å². The zero-order valence-corrected chi connectivity index (χ0v) is 30.0. The Hall–Kier alpha value is -6.38. The van der Waals surface area contributed by atoms with E-state index in [1.807, 2.05) is 0 Å². The maximum absolute atomic E-state index is 2.46. The Balaban J connectivity index is 1.11. The molecule has 9 aromatic rings. The molecule has 53 heavy (non-hydrogen) atoms. The highest BCUT2D eigenvalue weighted by molar-refractivity contribution is 6.18. The minimum Gasteiger partial charge on any atom is -0.310 e. The van der Waals surface area contributed by atoms with Gasteiger partial charge in [0, 0.05) is 38.3 Å². The number of para-hydroxylation sites is 2. The first-order valence-electron chi connectivity index (χ1n) is 18.8. The van der Waals surface area contributed by atoms with E-state index in [2.05, 4.69) is 193 Å². The van der Waals surface area contributed by atoms with Gasteiger partial charge < -0.3 is 9.13 Å². The molecule has 252 valence electrons. The summed E-state index contributed by atoms with van der Waals surface area (Å²) in [6.07, 6.45) is 9.12. The van der Waals surface area contributed by atoms with Crippen molar-refractivity contribution in [2.24, 2.45) is 0 Å². The molecule has 7 aromatic carbocycles. The van der Waals surface area contributed by atoms with Gasteiger partial charge in [0.25, 0.3) is 0 Å². The SMILES string of the molecule is CC1(C)c2ccccc2-c2cc(-n3c4ccccc4c4cc(-c5ccccc5-c5cccc6c5c5ccccc5n6C5=CCCC=C5)ccc43)ccc21. The Bertz CT molecular complexity index is 3030. The molecule has 2 heterocycles. The van der Waals surface area contributed by atoms with Crippen molar-refractivity contribution in [2.45, 2.75) is 32.1 Å². The van der Waals surface area contributed by atoms with Crippen LogP contribution in [0.2, 0.25) is 0 Å². The van der Waals surface area contributed by atoms with Crippen molar-refractivity contribution in [2.75, 3.05) is 0 Å². The van der Waals surface area contributed by atoms with Crippen LogP contribution in [0.5, 0.6) is 0 Å². The fraction of sp³-hybridized carbons (Fsp3) is 0.0980. The maximum Gasteiger partial charge on any atom is 0.0547 e. The molecule has 2 aliphatic carbocycles. The Labute approximate surface area is 309 Å². The number of benzene rings is 7. The number of hydrogen-bond donors (Lipinski definition) is 0. The van der Waals surface area contributed by atoms with E-state index in [0.717, 1.165) is 12.8 Å². The van der Waals surface area contributed by atoms with Gasteiger partial charge in [0.15, 0.2) is 0 Å². The molecule has 2 aliphatic rings. The molecule has 0 aliphatic heterocycles. The van der Waals surface area contributed by atoms with E-state index in [9.17, 15) is 0 Å². The molecule has 0 amide bonds. The third-order valence-corrected chi connectivity index (χ3v) is 12.0. The van der Waals surface area contributed by atoms with E-state index in [1.165, 1.54) is 99.5 Å². The van der Waals surface area contributed by atoms with Gasteiger partial charge in [-0.05, 0) is 106 Å². The van der Waals surface area contributed by atoms with E-state index < -0.39 is 0 Å². The van der Waals surface area contributed by atoms with E-state index in [4.69, 9.17) is 0 Å². The molecule has 2 heteroatoms. The van der Waals surface area contributed by atoms with E-state index in [1.54, 1.807) is 0 Å². The first-order chi connectivity index (χ1) is 26.1. The fourth-order valence-corrected chi connectivity index (χ4v) is 9.52. The third kappa shape index (κ3) is 4.33. The second-order valence-electron chi connectivity index (χ2n) is 15.2. The molecule has 0 unspecified atom stereocenters. The zero-order valence-electron chi connectivity index (χ0n) is 30.0. The molecule has 0 N–H and O–H groups in total. The van der Waals surface area contributed by atoms with Crippen LogP contribution in [-0.2, 0) is 5.41 Å². The highest BCUT2D eigenvalue weighted by atomic mass is 15.0. The summed E-state index contributed by atoms with van der Waals surface area (Å²) < 4.78 is 4.91. The molecule has 2 aromatic heterocycles. The summed E-state index contributed by atoms with van der Waals surface area (Å²) >= 11 is 0. The second-order valence-corrected chi connectivity index (χ2v) is 15.2. The van der Waals surface area contributed by atoms with Gasteiger partial charge in [-0.15, -0.1) is 0 Å². The molecular weight excluding hydrogens is 641 g/mol. The van der Waals surface area contributed by atoms with Crippen molar-refractivity contribution < 1.29 is 0 Å². The van der Waals surface area contributed by atoms with Gasteiger partial charge in [-0.3, -0.25) is 0 Å². The Morgan fingerprint density at radius 3 is 1.94 bits per heavy atom. The molecule has 0 saturated heterocycles. The zero-order chi connectivity index (χ0) is 35.3. The van der Waals surface area contributed by atoms with Crippen LogP contribution in [0.4, 0.5) is 0 Å². The predicted molar refractivity (Wildman–Crippen MR) is 225 cm³/mol. The van der Waals surface area contributed by atoms with Crippen LogP contribution in [0, 0.1) is 0 Å². The summed E-state index contributed by atoms with van der Waals surface area (Å²) in [5.74, 6) is 0. The number of aromatic nitrogens is 2. The lowest BCUT2D eigenvalue weighted by atomic mass is 9.82. The van der Waals surface area contributed by atoms with Crippen LogP contribution in [-0.4, -0.2) is 9.13 Å². The smallest absolute Gasteiger partial charge is 0.0547 e. The summed E-state index contributed by atoms with van der Waals surface area (Å²) in [5.41, 5.74) is 17.8. The molecule has 0 spiro atoms. The van der Waals surface area contributed by atoms with Crippen LogP contribution >= 0.6 is 0 Å². The molecule has 0 fully saturated rings. The first-order valence-corrected chi connectivity index (χ1v) is 18.8. The molecule has 0 atom stereocenters. The number of hydrogen-bond acceptors (Lipinski definition) is 0. The van der Waals surface area contributed by atoms with Crippen molar-refractivity contribution in [1.29, 1.82) is 0 Å². The summed E-state index contributed by atoms with van der Waals surface area (Å²) in [5, 5.41) is 5.11. The first kappa shape index (κ1) is 30.3.